The van der Waals surface area contributed by atoms with Gasteiger partial charge in [-0.1, -0.05) is 0 Å². The molecule has 6 heteroatoms. The number of carbonyl (C=O) groups excluding carboxylic acids is 1. The van der Waals surface area contributed by atoms with Gasteiger partial charge in [0.05, 0.1) is 5.56 Å². The molecule has 1 saturated heterocycles. The third-order valence-corrected chi connectivity index (χ3v) is 2.99. The number of nitrogens with zero attached hydrogens (tertiary/aromatic N) is 1. The first kappa shape index (κ1) is 12.3. The summed E-state index contributed by atoms with van der Waals surface area (Å²) in [5.41, 5.74) is -0.0791. The van der Waals surface area contributed by atoms with Gasteiger partial charge in [0.15, 0.2) is 0 Å². The van der Waals surface area contributed by atoms with Gasteiger partial charge in [-0.3, -0.25) is 4.79 Å². The molecule has 2 N–H and O–H groups in total. The van der Waals surface area contributed by atoms with Gasteiger partial charge < -0.3 is 15.1 Å². The monoisotopic (exact) mass is 253 g/mol. The Hall–Kier alpha value is -2.11. The zero-order valence-electron chi connectivity index (χ0n) is 9.47. The number of aromatic hydroxyl groups is 1. The van der Waals surface area contributed by atoms with Crippen LogP contribution in [0.5, 0.6) is 5.75 Å². The minimum Gasteiger partial charge on any atom is -0.507 e. The van der Waals surface area contributed by atoms with Gasteiger partial charge in [-0.2, -0.15) is 0 Å². The smallest absolute Gasteiger partial charge is 0.326 e. The number of phenols is 1. The number of likely N-dealkylation sites (tertiary alicyclic amines) is 1. The molecule has 1 aliphatic heterocycles. The summed E-state index contributed by atoms with van der Waals surface area (Å²) in [6.45, 7) is 0.326. The predicted octanol–water partition coefficient (Wildman–Crippen LogP) is 1.22. The summed E-state index contributed by atoms with van der Waals surface area (Å²) < 4.78 is 12.8. The van der Waals surface area contributed by atoms with Crippen molar-refractivity contribution in [3.05, 3.63) is 29.6 Å². The number of benzene rings is 1. The highest BCUT2D eigenvalue weighted by Gasteiger charge is 2.35. The largest absolute Gasteiger partial charge is 0.507 e. The standard InChI is InChI=1S/C12H12FNO4/c13-7-3-4-8(10(15)6-7)11(16)14-5-1-2-9(14)12(17)18/h3-4,6,9,15H,1-2,5H2,(H,17,18)/t9-/m1/s1. The fourth-order valence-electron chi connectivity index (χ4n) is 2.11. The molecule has 0 aliphatic carbocycles. The lowest BCUT2D eigenvalue weighted by molar-refractivity contribution is -0.141. The quantitative estimate of drug-likeness (QED) is 0.830. The fourth-order valence-corrected chi connectivity index (χ4v) is 2.11. The van der Waals surface area contributed by atoms with Crippen molar-refractivity contribution in [1.29, 1.82) is 0 Å². The van der Waals surface area contributed by atoms with Gasteiger partial charge in [0, 0.05) is 12.6 Å². The Bertz CT molecular complexity index is 503. The van der Waals surface area contributed by atoms with Crippen molar-refractivity contribution in [3.63, 3.8) is 0 Å². The number of halogens is 1. The van der Waals surface area contributed by atoms with E-state index in [0.717, 1.165) is 18.2 Å². The molecule has 1 aliphatic rings. The van der Waals surface area contributed by atoms with Gasteiger partial charge in [-0.25, -0.2) is 9.18 Å². The molecule has 1 atom stereocenters. The molecule has 0 spiro atoms. The molecule has 1 aromatic rings. The molecular weight excluding hydrogens is 241 g/mol. The molecule has 1 fully saturated rings. The number of hydrogen-bond donors (Lipinski definition) is 2. The first-order chi connectivity index (χ1) is 8.50. The average molecular weight is 253 g/mol. The van der Waals surface area contributed by atoms with Gasteiger partial charge in [0.25, 0.3) is 5.91 Å². The lowest BCUT2D eigenvalue weighted by atomic mass is 10.1. The number of phenolic OH excluding ortho intramolecular Hbond substituents is 1. The Labute approximate surface area is 102 Å². The highest BCUT2D eigenvalue weighted by molar-refractivity contribution is 5.99. The van der Waals surface area contributed by atoms with Crippen LogP contribution in [0.4, 0.5) is 4.39 Å². The van der Waals surface area contributed by atoms with Crippen molar-refractivity contribution in [2.45, 2.75) is 18.9 Å². The number of carboxylic acids is 1. The van der Waals surface area contributed by atoms with E-state index in [1.54, 1.807) is 0 Å². The van der Waals surface area contributed by atoms with E-state index in [1.165, 1.54) is 4.90 Å². The van der Waals surface area contributed by atoms with Crippen LogP contribution in [-0.2, 0) is 4.79 Å². The maximum absolute atomic E-state index is 12.8. The maximum atomic E-state index is 12.8. The zero-order chi connectivity index (χ0) is 13.3. The molecule has 96 valence electrons. The Kier molecular flexibility index (Phi) is 3.18. The molecular formula is C12H12FNO4. The molecule has 1 amide bonds. The Morgan fingerprint density at radius 3 is 2.72 bits per heavy atom. The van der Waals surface area contributed by atoms with Crippen molar-refractivity contribution in [2.24, 2.45) is 0 Å². The molecule has 0 aromatic heterocycles. The predicted molar refractivity (Wildman–Crippen MR) is 59.8 cm³/mol. The van der Waals surface area contributed by atoms with Crippen LogP contribution < -0.4 is 0 Å². The van der Waals surface area contributed by atoms with Crippen molar-refractivity contribution in [3.8, 4) is 5.75 Å². The second kappa shape index (κ2) is 4.64. The van der Waals surface area contributed by atoms with Crippen LogP contribution in [0.3, 0.4) is 0 Å². The summed E-state index contributed by atoms with van der Waals surface area (Å²) in [5.74, 6) is -2.78. The van der Waals surface area contributed by atoms with Crippen LogP contribution in [0.25, 0.3) is 0 Å². The molecule has 0 unspecified atom stereocenters. The molecule has 18 heavy (non-hydrogen) atoms. The number of carboxylic acid groups (broad SMARTS) is 1. The normalized spacial score (nSPS) is 18.9. The fraction of sp³-hybridized carbons (Fsp3) is 0.333. The van der Waals surface area contributed by atoms with E-state index >= 15 is 0 Å². The highest BCUT2D eigenvalue weighted by Crippen LogP contribution is 2.25. The van der Waals surface area contributed by atoms with Crippen molar-refractivity contribution < 1.29 is 24.2 Å². The number of carbonyl (C=O) groups is 2. The Morgan fingerprint density at radius 2 is 2.11 bits per heavy atom. The van der Waals surface area contributed by atoms with E-state index in [4.69, 9.17) is 5.11 Å². The SMILES string of the molecule is O=C(O)[C@H]1CCCN1C(=O)c1ccc(F)cc1O. The minimum atomic E-state index is -1.07. The van der Waals surface area contributed by atoms with Crippen LogP contribution in [0.2, 0.25) is 0 Å². The summed E-state index contributed by atoms with van der Waals surface area (Å²) in [6.07, 6.45) is 0.994. The second-order valence-electron chi connectivity index (χ2n) is 4.16. The van der Waals surface area contributed by atoms with E-state index in [9.17, 15) is 19.1 Å². The summed E-state index contributed by atoms with van der Waals surface area (Å²) in [6, 6.07) is 2.17. The van der Waals surface area contributed by atoms with E-state index in [-0.39, 0.29) is 5.56 Å². The van der Waals surface area contributed by atoms with Gasteiger partial charge in [0.2, 0.25) is 0 Å². The van der Waals surface area contributed by atoms with Crippen LogP contribution in [-0.4, -0.2) is 39.6 Å². The van der Waals surface area contributed by atoms with E-state index in [1.807, 2.05) is 0 Å². The lowest BCUT2D eigenvalue weighted by Crippen LogP contribution is -2.40. The van der Waals surface area contributed by atoms with Gasteiger partial charge in [-0.15, -0.1) is 0 Å². The third kappa shape index (κ3) is 2.13. The number of amides is 1. The molecule has 1 heterocycles. The van der Waals surface area contributed by atoms with Crippen molar-refractivity contribution in [1.82, 2.24) is 4.90 Å². The highest BCUT2D eigenvalue weighted by atomic mass is 19.1. The van der Waals surface area contributed by atoms with Gasteiger partial charge in [-0.05, 0) is 25.0 Å². The first-order valence-corrected chi connectivity index (χ1v) is 5.53. The summed E-state index contributed by atoms with van der Waals surface area (Å²) in [5, 5.41) is 18.5. The number of aliphatic carboxylic acids is 1. The van der Waals surface area contributed by atoms with Crippen LogP contribution >= 0.6 is 0 Å². The zero-order valence-corrected chi connectivity index (χ0v) is 9.47. The van der Waals surface area contributed by atoms with Crippen LogP contribution in [0.15, 0.2) is 18.2 Å². The topological polar surface area (TPSA) is 77.8 Å². The van der Waals surface area contributed by atoms with E-state index in [2.05, 4.69) is 0 Å². The molecule has 0 saturated carbocycles. The van der Waals surface area contributed by atoms with Crippen LogP contribution in [0.1, 0.15) is 23.2 Å². The molecule has 1 aromatic carbocycles. The summed E-state index contributed by atoms with van der Waals surface area (Å²) >= 11 is 0. The minimum absolute atomic E-state index is 0.0791. The Balaban J connectivity index is 2.28. The first-order valence-electron chi connectivity index (χ1n) is 5.53. The van der Waals surface area contributed by atoms with Crippen molar-refractivity contribution in [2.75, 3.05) is 6.54 Å². The maximum Gasteiger partial charge on any atom is 0.326 e. The molecule has 0 radical (unpaired) electrons. The lowest BCUT2D eigenvalue weighted by Gasteiger charge is -2.21. The number of hydrogen-bond acceptors (Lipinski definition) is 3. The summed E-state index contributed by atoms with van der Waals surface area (Å²) in [7, 11) is 0. The molecule has 0 bridgehead atoms. The second-order valence-corrected chi connectivity index (χ2v) is 4.16. The van der Waals surface area contributed by atoms with E-state index < -0.39 is 29.5 Å². The molecule has 5 nitrogen and oxygen atoms in total. The number of rotatable bonds is 2. The van der Waals surface area contributed by atoms with Crippen LogP contribution in [0, 0.1) is 5.82 Å². The third-order valence-electron chi connectivity index (χ3n) is 2.99. The summed E-state index contributed by atoms with van der Waals surface area (Å²) in [4.78, 5) is 24.2. The molecule has 2 rings (SSSR count). The average Bonchev–Trinajstić information content (AvgIpc) is 2.77. The van der Waals surface area contributed by atoms with Gasteiger partial charge in [0.1, 0.15) is 17.6 Å². The van der Waals surface area contributed by atoms with E-state index in [0.29, 0.717) is 19.4 Å². The van der Waals surface area contributed by atoms with Crippen molar-refractivity contribution >= 4 is 11.9 Å². The van der Waals surface area contributed by atoms with Gasteiger partial charge >= 0.3 is 5.97 Å². The Morgan fingerprint density at radius 1 is 1.39 bits per heavy atom.